The van der Waals surface area contributed by atoms with Crippen LogP contribution in [0.4, 0.5) is 5.69 Å². The van der Waals surface area contributed by atoms with Crippen molar-refractivity contribution >= 4 is 38.6 Å². The third-order valence-electron chi connectivity index (χ3n) is 4.14. The second kappa shape index (κ2) is 10.4. The zero-order chi connectivity index (χ0) is 20.6. The van der Waals surface area contributed by atoms with Crippen LogP contribution in [0.15, 0.2) is 59.5 Å². The maximum atomic E-state index is 12.6. The Hall–Kier alpha value is -2.16. The predicted molar refractivity (Wildman–Crippen MR) is 111 cm³/mol. The lowest BCUT2D eigenvalue weighted by molar-refractivity contribution is -0.119. The van der Waals surface area contributed by atoms with Crippen LogP contribution in [0.1, 0.15) is 25.3 Å². The standard InChI is InChI=1S/C20H23NO5S2/c1-15(22)27-14-17(9-5-8-16-6-3-2-4-7-16)20(23)21-18-10-12-19(13-11-18)28(24,25)26/h2-4,6-7,10-13,17H,5,8-9,14H2,1H3,(H,21,23)(H,24,25,26). The molecule has 0 aliphatic carbocycles. The zero-order valence-electron chi connectivity index (χ0n) is 15.5. The number of aryl methyl sites for hydroxylation is 1. The molecule has 2 aromatic rings. The molecule has 0 radical (unpaired) electrons. The summed E-state index contributed by atoms with van der Waals surface area (Å²) in [5.74, 6) is -0.181. The SMILES string of the molecule is CC(=O)SCC(CCCc1ccccc1)C(=O)Nc1ccc(S(=O)(=O)O)cc1. The van der Waals surface area contributed by atoms with Gasteiger partial charge in [-0.05, 0) is 49.1 Å². The van der Waals surface area contributed by atoms with E-state index in [2.05, 4.69) is 5.32 Å². The lowest BCUT2D eigenvalue weighted by atomic mass is 10.00. The maximum absolute atomic E-state index is 12.6. The second-order valence-electron chi connectivity index (χ2n) is 6.37. The molecule has 0 spiro atoms. The first kappa shape index (κ1) is 22.1. The third-order valence-corrected chi connectivity index (χ3v) is 5.98. The second-order valence-corrected chi connectivity index (χ2v) is 8.98. The highest BCUT2D eigenvalue weighted by Gasteiger charge is 2.20. The van der Waals surface area contributed by atoms with Crippen molar-refractivity contribution in [1.29, 1.82) is 0 Å². The fourth-order valence-electron chi connectivity index (χ4n) is 2.66. The Labute approximate surface area is 169 Å². The first-order chi connectivity index (χ1) is 13.3. The molecule has 2 rings (SSSR count). The molecule has 0 saturated heterocycles. The van der Waals surface area contributed by atoms with Gasteiger partial charge in [0.05, 0.1) is 4.90 Å². The number of benzene rings is 2. The van der Waals surface area contributed by atoms with Gasteiger partial charge in [-0.2, -0.15) is 8.42 Å². The normalized spacial score (nSPS) is 12.4. The van der Waals surface area contributed by atoms with Crippen LogP contribution in [0.5, 0.6) is 0 Å². The van der Waals surface area contributed by atoms with Crippen molar-refractivity contribution in [2.45, 2.75) is 31.1 Å². The summed E-state index contributed by atoms with van der Waals surface area (Å²) in [5.41, 5.74) is 1.62. The molecule has 0 aromatic heterocycles. The van der Waals surface area contributed by atoms with Crippen LogP contribution in [-0.2, 0) is 26.1 Å². The Morgan fingerprint density at radius 1 is 1.07 bits per heavy atom. The molecule has 1 atom stereocenters. The van der Waals surface area contributed by atoms with Crippen molar-refractivity contribution in [3.63, 3.8) is 0 Å². The molecule has 0 fully saturated rings. The van der Waals surface area contributed by atoms with Crippen molar-refractivity contribution in [3.05, 3.63) is 60.2 Å². The first-order valence-electron chi connectivity index (χ1n) is 8.81. The highest BCUT2D eigenvalue weighted by Crippen LogP contribution is 2.20. The van der Waals surface area contributed by atoms with E-state index in [4.69, 9.17) is 4.55 Å². The van der Waals surface area contributed by atoms with Gasteiger partial charge in [-0.15, -0.1) is 0 Å². The predicted octanol–water partition coefficient (Wildman–Crippen LogP) is 3.79. The van der Waals surface area contributed by atoms with Gasteiger partial charge in [0, 0.05) is 24.3 Å². The number of rotatable bonds is 9. The summed E-state index contributed by atoms with van der Waals surface area (Å²) in [7, 11) is -4.27. The highest BCUT2D eigenvalue weighted by molar-refractivity contribution is 8.13. The molecule has 1 unspecified atom stereocenters. The van der Waals surface area contributed by atoms with Crippen molar-refractivity contribution in [2.75, 3.05) is 11.1 Å². The minimum absolute atomic E-state index is 0.0432. The summed E-state index contributed by atoms with van der Waals surface area (Å²) >= 11 is 1.12. The van der Waals surface area contributed by atoms with Gasteiger partial charge in [0.25, 0.3) is 10.1 Å². The Morgan fingerprint density at radius 2 is 1.71 bits per heavy atom. The number of hydrogen-bond donors (Lipinski definition) is 2. The van der Waals surface area contributed by atoms with E-state index in [0.29, 0.717) is 17.9 Å². The van der Waals surface area contributed by atoms with Gasteiger partial charge in [-0.1, -0.05) is 42.1 Å². The van der Waals surface area contributed by atoms with E-state index in [0.717, 1.165) is 24.6 Å². The summed E-state index contributed by atoms with van der Waals surface area (Å²) in [6.07, 6.45) is 2.28. The maximum Gasteiger partial charge on any atom is 0.294 e. The van der Waals surface area contributed by atoms with Gasteiger partial charge in [0.1, 0.15) is 0 Å². The molecular weight excluding hydrogens is 398 g/mol. The fraction of sp³-hybridized carbons (Fsp3) is 0.300. The number of thioether (sulfide) groups is 1. The average molecular weight is 422 g/mol. The molecule has 0 aliphatic rings. The minimum Gasteiger partial charge on any atom is -0.326 e. The van der Waals surface area contributed by atoms with E-state index in [1.165, 1.54) is 36.8 Å². The van der Waals surface area contributed by atoms with E-state index in [1.54, 1.807) is 0 Å². The molecule has 0 aliphatic heterocycles. The monoisotopic (exact) mass is 421 g/mol. The molecule has 2 aromatic carbocycles. The van der Waals surface area contributed by atoms with Gasteiger partial charge in [0.15, 0.2) is 5.12 Å². The van der Waals surface area contributed by atoms with Crippen LogP contribution in [0.3, 0.4) is 0 Å². The van der Waals surface area contributed by atoms with Crippen LogP contribution < -0.4 is 5.32 Å². The van der Waals surface area contributed by atoms with Gasteiger partial charge in [-0.3, -0.25) is 14.1 Å². The number of nitrogens with one attached hydrogen (secondary N) is 1. The van der Waals surface area contributed by atoms with Crippen LogP contribution in [-0.4, -0.2) is 29.7 Å². The molecule has 150 valence electrons. The van der Waals surface area contributed by atoms with Crippen LogP contribution in [0.25, 0.3) is 0 Å². The van der Waals surface area contributed by atoms with Gasteiger partial charge in [0.2, 0.25) is 5.91 Å². The summed E-state index contributed by atoms with van der Waals surface area (Å²) in [6, 6.07) is 15.3. The lowest BCUT2D eigenvalue weighted by Crippen LogP contribution is -2.25. The van der Waals surface area contributed by atoms with Gasteiger partial charge < -0.3 is 5.32 Å². The van der Waals surface area contributed by atoms with Crippen molar-refractivity contribution in [3.8, 4) is 0 Å². The minimum atomic E-state index is -4.27. The van der Waals surface area contributed by atoms with Crippen LogP contribution >= 0.6 is 11.8 Å². The van der Waals surface area contributed by atoms with Crippen molar-refractivity contribution < 1.29 is 22.6 Å². The Morgan fingerprint density at radius 3 is 2.29 bits per heavy atom. The molecule has 1 amide bonds. The van der Waals surface area contributed by atoms with E-state index >= 15 is 0 Å². The van der Waals surface area contributed by atoms with Crippen molar-refractivity contribution in [2.24, 2.45) is 5.92 Å². The molecule has 28 heavy (non-hydrogen) atoms. The van der Waals surface area contributed by atoms with Crippen LogP contribution in [0, 0.1) is 5.92 Å². The summed E-state index contributed by atoms with van der Waals surface area (Å²) in [5, 5.41) is 2.71. The van der Waals surface area contributed by atoms with Crippen molar-refractivity contribution in [1.82, 2.24) is 0 Å². The first-order valence-corrected chi connectivity index (χ1v) is 11.2. The Bertz CT molecular complexity index is 896. The highest BCUT2D eigenvalue weighted by atomic mass is 32.2. The largest absolute Gasteiger partial charge is 0.326 e. The zero-order valence-corrected chi connectivity index (χ0v) is 17.1. The van der Waals surface area contributed by atoms with Gasteiger partial charge >= 0.3 is 0 Å². The molecule has 0 bridgehead atoms. The summed E-state index contributed by atoms with van der Waals surface area (Å²) in [4.78, 5) is 23.7. The third kappa shape index (κ3) is 7.46. The number of anilines is 1. The molecule has 0 saturated carbocycles. The lowest BCUT2D eigenvalue weighted by Gasteiger charge is -2.16. The van der Waals surface area contributed by atoms with E-state index in [-0.39, 0.29) is 21.8 Å². The molecule has 6 nitrogen and oxygen atoms in total. The van der Waals surface area contributed by atoms with Gasteiger partial charge in [-0.25, -0.2) is 0 Å². The fourth-order valence-corrected chi connectivity index (χ4v) is 3.89. The smallest absolute Gasteiger partial charge is 0.294 e. The Kier molecular flexibility index (Phi) is 8.22. The van der Waals surface area contributed by atoms with E-state index < -0.39 is 10.1 Å². The Balaban J connectivity index is 1.98. The van der Waals surface area contributed by atoms with E-state index in [9.17, 15) is 18.0 Å². The number of carbonyl (C=O) groups excluding carboxylic acids is 2. The molecular formula is C20H23NO5S2. The average Bonchev–Trinajstić information content (AvgIpc) is 2.64. The summed E-state index contributed by atoms with van der Waals surface area (Å²) in [6.45, 7) is 1.47. The molecule has 8 heteroatoms. The summed E-state index contributed by atoms with van der Waals surface area (Å²) < 4.78 is 31.2. The van der Waals surface area contributed by atoms with Crippen LogP contribution in [0.2, 0.25) is 0 Å². The number of hydrogen-bond acceptors (Lipinski definition) is 5. The number of carbonyl (C=O) groups is 2. The number of amides is 1. The quantitative estimate of drug-likeness (QED) is 0.598. The topological polar surface area (TPSA) is 101 Å². The van der Waals surface area contributed by atoms with E-state index in [1.807, 2.05) is 30.3 Å². The molecule has 0 heterocycles. The molecule has 2 N–H and O–H groups in total.